The molecule has 1 fully saturated rings. The molecule has 1 heterocycles. The average molecular weight is 302 g/mol. The zero-order valence-electron chi connectivity index (χ0n) is 11.3. The highest BCUT2D eigenvalue weighted by Gasteiger charge is 2.23. The van der Waals surface area contributed by atoms with Crippen LogP contribution in [-0.2, 0) is 0 Å². The van der Waals surface area contributed by atoms with Gasteiger partial charge in [-0.3, -0.25) is 4.90 Å². The van der Waals surface area contributed by atoms with Crippen molar-refractivity contribution < 1.29 is 0 Å². The second-order valence-electron chi connectivity index (χ2n) is 5.09. The number of hydrogen-bond acceptors (Lipinski definition) is 3. The van der Waals surface area contributed by atoms with E-state index in [2.05, 4.69) is 16.8 Å². The summed E-state index contributed by atoms with van der Waals surface area (Å²) in [5.41, 5.74) is 7.03. The van der Waals surface area contributed by atoms with Gasteiger partial charge in [0.2, 0.25) is 0 Å². The summed E-state index contributed by atoms with van der Waals surface area (Å²) in [6.07, 6.45) is 1.16. The molecule has 0 spiro atoms. The molecule has 19 heavy (non-hydrogen) atoms. The van der Waals surface area contributed by atoms with E-state index in [4.69, 9.17) is 28.9 Å². The molecule has 106 valence electrons. The molecule has 1 aliphatic heterocycles. The van der Waals surface area contributed by atoms with Crippen molar-refractivity contribution in [1.82, 2.24) is 9.80 Å². The van der Waals surface area contributed by atoms with Crippen LogP contribution in [0.5, 0.6) is 0 Å². The van der Waals surface area contributed by atoms with Crippen LogP contribution in [0.1, 0.15) is 18.0 Å². The van der Waals surface area contributed by atoms with Crippen molar-refractivity contribution in [2.75, 3.05) is 39.8 Å². The molecule has 1 aromatic carbocycles. The molecule has 5 heteroatoms. The number of halogens is 2. The lowest BCUT2D eigenvalue weighted by Crippen LogP contribution is -2.36. The summed E-state index contributed by atoms with van der Waals surface area (Å²) in [4.78, 5) is 4.77. The largest absolute Gasteiger partial charge is 0.329 e. The first-order chi connectivity index (χ1) is 9.13. The highest BCUT2D eigenvalue weighted by atomic mass is 35.5. The summed E-state index contributed by atoms with van der Waals surface area (Å²) >= 11 is 12.4. The summed E-state index contributed by atoms with van der Waals surface area (Å²) in [5.74, 6) is 0. The average Bonchev–Trinajstić information content (AvgIpc) is 2.61. The third-order valence-corrected chi connectivity index (χ3v) is 4.59. The van der Waals surface area contributed by atoms with Crippen LogP contribution >= 0.6 is 23.2 Å². The van der Waals surface area contributed by atoms with Gasteiger partial charge in [-0.05, 0) is 31.6 Å². The molecule has 0 bridgehead atoms. The monoisotopic (exact) mass is 301 g/mol. The maximum atomic E-state index is 6.33. The second-order valence-corrected chi connectivity index (χ2v) is 5.87. The Balaban J connectivity index is 2.21. The molecule has 0 saturated carbocycles. The minimum atomic E-state index is 0.151. The molecule has 0 amide bonds. The number of nitrogens with zero attached hydrogens (tertiary/aromatic N) is 2. The van der Waals surface area contributed by atoms with Gasteiger partial charge in [-0.25, -0.2) is 0 Å². The van der Waals surface area contributed by atoms with E-state index >= 15 is 0 Å². The molecule has 2 N–H and O–H groups in total. The predicted molar refractivity (Wildman–Crippen MR) is 81.9 cm³/mol. The Labute approximate surface area is 125 Å². The van der Waals surface area contributed by atoms with Gasteiger partial charge in [-0.1, -0.05) is 35.3 Å². The Morgan fingerprint density at radius 2 is 2.00 bits per heavy atom. The highest BCUT2D eigenvalue weighted by molar-refractivity contribution is 6.42. The summed E-state index contributed by atoms with van der Waals surface area (Å²) in [6, 6.07) is 5.94. The standard InChI is InChI=1S/C14H21Cl2N3/c1-18-6-3-7-19(9-8-18)13(10-17)11-4-2-5-12(15)14(11)16/h2,4-5,13H,3,6-10,17H2,1H3. The van der Waals surface area contributed by atoms with Gasteiger partial charge < -0.3 is 10.6 Å². The summed E-state index contributed by atoms with van der Waals surface area (Å²) in [6.45, 7) is 4.83. The number of rotatable bonds is 3. The van der Waals surface area contributed by atoms with Crippen LogP contribution in [0.15, 0.2) is 18.2 Å². The van der Waals surface area contributed by atoms with Crippen molar-refractivity contribution in [2.24, 2.45) is 5.73 Å². The fourth-order valence-electron chi connectivity index (χ4n) is 2.63. The fourth-order valence-corrected chi connectivity index (χ4v) is 3.06. The summed E-state index contributed by atoms with van der Waals surface area (Å²) < 4.78 is 0. The molecular formula is C14H21Cl2N3. The van der Waals surface area contributed by atoms with Gasteiger partial charge in [0.15, 0.2) is 0 Å². The Hall–Kier alpha value is -0.320. The lowest BCUT2D eigenvalue weighted by molar-refractivity contribution is 0.208. The van der Waals surface area contributed by atoms with Crippen molar-refractivity contribution in [3.05, 3.63) is 33.8 Å². The SMILES string of the molecule is CN1CCCN(C(CN)c2cccc(Cl)c2Cl)CC1. The molecule has 1 atom stereocenters. The van der Waals surface area contributed by atoms with Crippen LogP contribution < -0.4 is 5.73 Å². The summed E-state index contributed by atoms with van der Waals surface area (Å²) in [5, 5.41) is 1.24. The van der Waals surface area contributed by atoms with Crippen LogP contribution in [0.3, 0.4) is 0 Å². The van der Waals surface area contributed by atoms with Crippen LogP contribution in [0.25, 0.3) is 0 Å². The lowest BCUT2D eigenvalue weighted by atomic mass is 10.0. The smallest absolute Gasteiger partial charge is 0.0640 e. The number of likely N-dealkylation sites (N-methyl/N-ethyl adjacent to an activating group) is 1. The second kappa shape index (κ2) is 6.91. The molecule has 1 saturated heterocycles. The first kappa shape index (κ1) is 15.1. The molecule has 0 aromatic heterocycles. The number of nitrogens with two attached hydrogens (primary N) is 1. The molecule has 3 nitrogen and oxygen atoms in total. The van der Waals surface area contributed by atoms with Gasteiger partial charge in [0.05, 0.1) is 10.0 Å². The normalized spacial score (nSPS) is 20.2. The number of hydrogen-bond donors (Lipinski definition) is 1. The Kier molecular flexibility index (Phi) is 5.48. The predicted octanol–water partition coefficient (Wildman–Crippen LogP) is 2.63. The molecule has 1 aliphatic rings. The maximum Gasteiger partial charge on any atom is 0.0640 e. The summed E-state index contributed by atoms with van der Waals surface area (Å²) in [7, 11) is 2.16. The Morgan fingerprint density at radius 1 is 1.21 bits per heavy atom. The van der Waals surface area contributed by atoms with Crippen molar-refractivity contribution in [3.8, 4) is 0 Å². The van der Waals surface area contributed by atoms with Gasteiger partial charge >= 0.3 is 0 Å². The third kappa shape index (κ3) is 3.61. The van der Waals surface area contributed by atoms with E-state index in [9.17, 15) is 0 Å². The third-order valence-electron chi connectivity index (χ3n) is 3.76. The maximum absolute atomic E-state index is 6.33. The van der Waals surface area contributed by atoms with Crippen molar-refractivity contribution in [3.63, 3.8) is 0 Å². The van der Waals surface area contributed by atoms with Crippen LogP contribution in [0.4, 0.5) is 0 Å². The van der Waals surface area contributed by atoms with Crippen LogP contribution in [0.2, 0.25) is 10.0 Å². The Morgan fingerprint density at radius 3 is 2.74 bits per heavy atom. The minimum absolute atomic E-state index is 0.151. The molecule has 0 radical (unpaired) electrons. The van der Waals surface area contributed by atoms with E-state index in [0.717, 1.165) is 38.2 Å². The topological polar surface area (TPSA) is 32.5 Å². The zero-order chi connectivity index (χ0) is 13.8. The Bertz CT molecular complexity index is 425. The van der Waals surface area contributed by atoms with E-state index in [0.29, 0.717) is 16.6 Å². The molecular weight excluding hydrogens is 281 g/mol. The first-order valence-electron chi connectivity index (χ1n) is 6.70. The highest BCUT2D eigenvalue weighted by Crippen LogP contribution is 2.32. The van der Waals surface area contributed by atoms with E-state index in [1.807, 2.05) is 18.2 Å². The first-order valence-corrected chi connectivity index (χ1v) is 7.45. The van der Waals surface area contributed by atoms with Crippen molar-refractivity contribution >= 4 is 23.2 Å². The number of benzene rings is 1. The molecule has 1 aromatic rings. The lowest BCUT2D eigenvalue weighted by Gasteiger charge is -2.30. The molecule has 0 aliphatic carbocycles. The molecule has 1 unspecified atom stereocenters. The van der Waals surface area contributed by atoms with E-state index in [1.165, 1.54) is 0 Å². The van der Waals surface area contributed by atoms with Gasteiger partial charge in [-0.15, -0.1) is 0 Å². The fraction of sp³-hybridized carbons (Fsp3) is 0.571. The quantitative estimate of drug-likeness (QED) is 0.931. The van der Waals surface area contributed by atoms with Crippen molar-refractivity contribution in [1.29, 1.82) is 0 Å². The minimum Gasteiger partial charge on any atom is -0.329 e. The van der Waals surface area contributed by atoms with Crippen LogP contribution in [0, 0.1) is 0 Å². The van der Waals surface area contributed by atoms with E-state index < -0.39 is 0 Å². The van der Waals surface area contributed by atoms with Gasteiger partial charge in [0.1, 0.15) is 0 Å². The van der Waals surface area contributed by atoms with Crippen molar-refractivity contribution in [2.45, 2.75) is 12.5 Å². The molecule has 2 rings (SSSR count). The van der Waals surface area contributed by atoms with Gasteiger partial charge in [0, 0.05) is 32.2 Å². The zero-order valence-corrected chi connectivity index (χ0v) is 12.8. The van der Waals surface area contributed by atoms with Gasteiger partial charge in [-0.2, -0.15) is 0 Å². The van der Waals surface area contributed by atoms with Crippen LogP contribution in [-0.4, -0.2) is 49.6 Å². The van der Waals surface area contributed by atoms with Gasteiger partial charge in [0.25, 0.3) is 0 Å². The van der Waals surface area contributed by atoms with E-state index in [1.54, 1.807) is 0 Å². The van der Waals surface area contributed by atoms with E-state index in [-0.39, 0.29) is 6.04 Å².